The first-order chi connectivity index (χ1) is 12.3. The van der Waals surface area contributed by atoms with Gasteiger partial charge in [-0.3, -0.25) is 9.69 Å². The first-order valence-electron chi connectivity index (χ1n) is 9.40. The molecule has 0 spiro atoms. The van der Waals surface area contributed by atoms with Crippen LogP contribution < -0.4 is 16.0 Å². The van der Waals surface area contributed by atoms with Crippen LogP contribution in [0.2, 0.25) is 0 Å². The molecule has 0 saturated heterocycles. The molecule has 1 rings (SSSR count). The van der Waals surface area contributed by atoms with Crippen LogP contribution in [0.3, 0.4) is 0 Å². The molecule has 1 aromatic heterocycles. The molecule has 3 N–H and O–H groups in total. The van der Waals surface area contributed by atoms with E-state index in [1.807, 2.05) is 27.7 Å². The number of amides is 1. The Morgan fingerprint density at radius 1 is 1.23 bits per heavy atom. The van der Waals surface area contributed by atoms with E-state index in [-0.39, 0.29) is 24.0 Å². The van der Waals surface area contributed by atoms with Crippen LogP contribution in [0.25, 0.3) is 0 Å². The number of hydrogen-bond donors (Lipinski definition) is 3. The summed E-state index contributed by atoms with van der Waals surface area (Å²) in [5, 5.41) is 13.9. The predicted molar refractivity (Wildman–Crippen MR) is 112 cm³/mol. The van der Waals surface area contributed by atoms with Gasteiger partial charge in [-0.15, -0.1) is 0 Å². The van der Waals surface area contributed by atoms with E-state index in [9.17, 15) is 4.79 Å². The number of hydrogen-bond acceptors (Lipinski definition) is 4. The van der Waals surface area contributed by atoms with Crippen molar-refractivity contribution < 1.29 is 4.79 Å². The van der Waals surface area contributed by atoms with Crippen molar-refractivity contribution in [1.82, 2.24) is 20.9 Å². The second-order valence-corrected chi connectivity index (χ2v) is 7.95. The normalized spacial score (nSPS) is 13.6. The molecule has 7 heteroatoms. The minimum absolute atomic E-state index is 0.0761. The summed E-state index contributed by atoms with van der Waals surface area (Å²) in [4.78, 5) is 18.9. The van der Waals surface area contributed by atoms with Gasteiger partial charge in [0.25, 0.3) is 0 Å². The molecular formula is C19H35N5OS. The van der Waals surface area contributed by atoms with Crippen LogP contribution in [0.4, 0.5) is 0 Å². The van der Waals surface area contributed by atoms with Gasteiger partial charge in [0, 0.05) is 18.6 Å². The van der Waals surface area contributed by atoms with Crippen LogP contribution in [0.1, 0.15) is 53.1 Å². The Morgan fingerprint density at radius 2 is 1.92 bits per heavy atom. The zero-order chi connectivity index (χ0) is 19.6. The highest BCUT2D eigenvalue weighted by Gasteiger charge is 2.19. The molecule has 148 valence electrons. The fourth-order valence-electron chi connectivity index (χ4n) is 2.73. The monoisotopic (exact) mass is 381 g/mol. The summed E-state index contributed by atoms with van der Waals surface area (Å²) in [5.74, 6) is 0.594. The van der Waals surface area contributed by atoms with E-state index in [1.165, 1.54) is 5.56 Å². The highest BCUT2D eigenvalue weighted by Crippen LogP contribution is 2.22. The van der Waals surface area contributed by atoms with Crippen LogP contribution >= 0.6 is 11.3 Å². The van der Waals surface area contributed by atoms with E-state index >= 15 is 0 Å². The molecule has 0 saturated carbocycles. The fraction of sp³-hybridized carbons (Fsp3) is 0.684. The standard InChI is InChI=1S/C19H35N5OS/c1-7-20-18(22-13-17(25)23-19(4,5)6)21-12-16(24(8-2)9-3)15-10-11-26-14-15/h10-11,14,16H,7-9,12-13H2,1-6H3,(H,23,25)(H2,20,21,22). The molecule has 1 amide bonds. The number of carbonyl (C=O) groups excluding carboxylic acids is 1. The summed E-state index contributed by atoms with van der Waals surface area (Å²) in [6.45, 7) is 15.9. The van der Waals surface area contributed by atoms with Gasteiger partial charge in [0.15, 0.2) is 5.96 Å². The van der Waals surface area contributed by atoms with Crippen LogP contribution in [-0.2, 0) is 4.79 Å². The van der Waals surface area contributed by atoms with Gasteiger partial charge in [0.2, 0.25) is 5.91 Å². The van der Waals surface area contributed by atoms with Crippen LogP contribution in [0, 0.1) is 0 Å². The molecule has 0 bridgehead atoms. The van der Waals surface area contributed by atoms with E-state index in [0.717, 1.165) is 26.2 Å². The second-order valence-electron chi connectivity index (χ2n) is 7.17. The molecule has 26 heavy (non-hydrogen) atoms. The summed E-state index contributed by atoms with van der Waals surface area (Å²) < 4.78 is 0. The SMILES string of the molecule is CCNC(=NCC(=O)NC(C)(C)C)NCC(c1ccsc1)N(CC)CC. The number of carbonyl (C=O) groups is 1. The highest BCUT2D eigenvalue weighted by molar-refractivity contribution is 7.07. The quantitative estimate of drug-likeness (QED) is 0.454. The van der Waals surface area contributed by atoms with Crippen molar-refractivity contribution in [2.45, 2.75) is 53.1 Å². The van der Waals surface area contributed by atoms with Crippen molar-refractivity contribution in [3.05, 3.63) is 22.4 Å². The molecule has 1 atom stereocenters. The van der Waals surface area contributed by atoms with Gasteiger partial charge in [-0.1, -0.05) is 13.8 Å². The Bertz CT molecular complexity index is 547. The summed E-state index contributed by atoms with van der Waals surface area (Å²) in [6, 6.07) is 2.46. The molecular weight excluding hydrogens is 346 g/mol. The first-order valence-corrected chi connectivity index (χ1v) is 10.3. The Labute approximate surface area is 162 Å². The van der Waals surface area contributed by atoms with Crippen molar-refractivity contribution in [3.8, 4) is 0 Å². The number of aliphatic imine (C=N–C) groups is 1. The van der Waals surface area contributed by atoms with Crippen LogP contribution in [-0.4, -0.2) is 55.0 Å². The molecule has 0 aliphatic rings. The van der Waals surface area contributed by atoms with Gasteiger partial charge in [-0.2, -0.15) is 11.3 Å². The van der Waals surface area contributed by atoms with Crippen molar-refractivity contribution in [1.29, 1.82) is 0 Å². The maximum atomic E-state index is 12.0. The average molecular weight is 382 g/mol. The largest absolute Gasteiger partial charge is 0.357 e. The van der Waals surface area contributed by atoms with Gasteiger partial charge >= 0.3 is 0 Å². The summed E-state index contributed by atoms with van der Waals surface area (Å²) in [5.41, 5.74) is 1.07. The lowest BCUT2D eigenvalue weighted by Crippen LogP contribution is -2.45. The Balaban J connectivity index is 2.75. The zero-order valence-electron chi connectivity index (χ0n) is 17.1. The Morgan fingerprint density at radius 3 is 2.42 bits per heavy atom. The number of thiophene rings is 1. The first kappa shape index (κ1) is 22.4. The second kappa shape index (κ2) is 11.2. The number of likely N-dealkylation sites (N-methyl/N-ethyl adjacent to an activating group) is 1. The number of guanidine groups is 1. The van der Waals surface area contributed by atoms with Gasteiger partial charge < -0.3 is 16.0 Å². The van der Waals surface area contributed by atoms with E-state index in [4.69, 9.17) is 0 Å². The molecule has 1 aromatic rings. The smallest absolute Gasteiger partial charge is 0.242 e. The predicted octanol–water partition coefficient (Wildman–Crippen LogP) is 2.60. The number of nitrogens with one attached hydrogen (secondary N) is 3. The molecule has 0 radical (unpaired) electrons. The maximum absolute atomic E-state index is 12.0. The summed E-state index contributed by atoms with van der Waals surface area (Å²) >= 11 is 1.72. The molecule has 1 heterocycles. The van der Waals surface area contributed by atoms with Crippen molar-refractivity contribution >= 4 is 23.2 Å². The van der Waals surface area contributed by atoms with Crippen molar-refractivity contribution in [3.63, 3.8) is 0 Å². The molecule has 0 aliphatic heterocycles. The minimum atomic E-state index is -0.245. The van der Waals surface area contributed by atoms with Gasteiger partial charge in [0.05, 0.1) is 6.04 Å². The average Bonchev–Trinajstić information content (AvgIpc) is 3.08. The Hall–Kier alpha value is -1.60. The van der Waals surface area contributed by atoms with Gasteiger partial charge in [0.1, 0.15) is 6.54 Å². The molecule has 0 aliphatic carbocycles. The Kier molecular flexibility index (Phi) is 9.65. The van der Waals surface area contributed by atoms with E-state index in [2.05, 4.69) is 56.5 Å². The molecule has 0 aromatic carbocycles. The summed E-state index contributed by atoms with van der Waals surface area (Å²) in [6.07, 6.45) is 0. The van der Waals surface area contributed by atoms with Gasteiger partial charge in [-0.25, -0.2) is 4.99 Å². The number of rotatable bonds is 9. The highest BCUT2D eigenvalue weighted by atomic mass is 32.1. The lowest BCUT2D eigenvalue weighted by Gasteiger charge is -2.30. The zero-order valence-corrected chi connectivity index (χ0v) is 17.9. The third-order valence-electron chi connectivity index (χ3n) is 3.88. The van der Waals surface area contributed by atoms with E-state index < -0.39 is 0 Å². The topological polar surface area (TPSA) is 68.8 Å². The molecule has 1 unspecified atom stereocenters. The van der Waals surface area contributed by atoms with Crippen molar-refractivity contribution in [2.75, 3.05) is 32.7 Å². The van der Waals surface area contributed by atoms with E-state index in [1.54, 1.807) is 11.3 Å². The third-order valence-corrected chi connectivity index (χ3v) is 4.58. The van der Waals surface area contributed by atoms with E-state index in [0.29, 0.717) is 5.96 Å². The lowest BCUT2D eigenvalue weighted by molar-refractivity contribution is -0.121. The third kappa shape index (κ3) is 8.19. The minimum Gasteiger partial charge on any atom is -0.357 e. The molecule has 6 nitrogen and oxygen atoms in total. The maximum Gasteiger partial charge on any atom is 0.242 e. The van der Waals surface area contributed by atoms with Gasteiger partial charge in [-0.05, 0) is 63.2 Å². The fourth-order valence-corrected chi connectivity index (χ4v) is 3.44. The number of nitrogens with zero attached hydrogens (tertiary/aromatic N) is 2. The van der Waals surface area contributed by atoms with Crippen molar-refractivity contribution in [2.24, 2.45) is 4.99 Å². The van der Waals surface area contributed by atoms with Crippen LogP contribution in [0.15, 0.2) is 21.8 Å². The molecule has 0 fully saturated rings. The lowest BCUT2D eigenvalue weighted by atomic mass is 10.1. The summed E-state index contributed by atoms with van der Waals surface area (Å²) in [7, 11) is 0. The van der Waals surface area contributed by atoms with Crippen LogP contribution in [0.5, 0.6) is 0 Å².